The van der Waals surface area contributed by atoms with E-state index in [1.807, 2.05) is 30.9 Å². The monoisotopic (exact) mass is 479 g/mol. The van der Waals surface area contributed by atoms with Crippen LogP contribution in [0.5, 0.6) is 0 Å². The molecular weight excluding hydrogens is 454 g/mol. The van der Waals surface area contributed by atoms with E-state index in [0.29, 0.717) is 28.7 Å². The Morgan fingerprint density at radius 2 is 1.94 bits per heavy atom. The molecule has 1 aliphatic heterocycles. The van der Waals surface area contributed by atoms with Crippen molar-refractivity contribution < 1.29 is 9.59 Å². The summed E-state index contributed by atoms with van der Waals surface area (Å²) >= 11 is 7.74. The van der Waals surface area contributed by atoms with Gasteiger partial charge < -0.3 is 10.2 Å². The first kappa shape index (κ1) is 22.1. The van der Waals surface area contributed by atoms with Crippen LogP contribution in [0.3, 0.4) is 0 Å². The van der Waals surface area contributed by atoms with Gasteiger partial charge in [0.2, 0.25) is 0 Å². The van der Waals surface area contributed by atoms with E-state index < -0.39 is 0 Å². The van der Waals surface area contributed by atoms with Gasteiger partial charge in [-0.05, 0) is 62.8 Å². The van der Waals surface area contributed by atoms with Gasteiger partial charge in [-0.1, -0.05) is 47.5 Å². The molecule has 0 bridgehead atoms. The fourth-order valence-corrected chi connectivity index (χ4v) is 5.97. The standard InChI is InChI=1S/C26H26ClN3O2S/c1-14-6-4-7-17(10-14)24-23(29-16(3)33-24)26(32)30-19(11-18-12-22(18)30)13-28-25(31)20-8-5-9-21(27)15(20)2/h4-10,18-19,22H,11-13H2,1-3H3,(H,28,31)/t18?,19?,22-/m0/s1. The first-order valence-corrected chi connectivity index (χ1v) is 12.4. The average molecular weight is 480 g/mol. The second kappa shape index (κ2) is 8.58. The van der Waals surface area contributed by atoms with E-state index in [-0.39, 0.29) is 23.9 Å². The Kier molecular flexibility index (Phi) is 5.75. The summed E-state index contributed by atoms with van der Waals surface area (Å²) in [4.78, 5) is 34.1. The van der Waals surface area contributed by atoms with Crippen LogP contribution < -0.4 is 5.32 Å². The van der Waals surface area contributed by atoms with Crippen molar-refractivity contribution in [1.29, 1.82) is 0 Å². The number of aryl methyl sites for hydroxylation is 2. The molecule has 2 aliphatic rings. The highest BCUT2D eigenvalue weighted by Crippen LogP contribution is 2.48. The fourth-order valence-electron chi connectivity index (χ4n) is 4.89. The zero-order valence-corrected chi connectivity index (χ0v) is 20.5. The molecule has 1 saturated carbocycles. The summed E-state index contributed by atoms with van der Waals surface area (Å²) < 4.78 is 0. The van der Waals surface area contributed by atoms with Crippen molar-refractivity contribution in [3.8, 4) is 10.4 Å². The quantitative estimate of drug-likeness (QED) is 0.531. The molecule has 170 valence electrons. The molecule has 33 heavy (non-hydrogen) atoms. The van der Waals surface area contributed by atoms with Gasteiger partial charge in [-0.3, -0.25) is 9.59 Å². The van der Waals surface area contributed by atoms with Gasteiger partial charge in [-0.25, -0.2) is 4.98 Å². The number of hydrogen-bond acceptors (Lipinski definition) is 4. The minimum absolute atomic E-state index is 0.0287. The second-order valence-electron chi connectivity index (χ2n) is 9.07. The number of nitrogens with one attached hydrogen (secondary N) is 1. The Bertz CT molecular complexity index is 1250. The van der Waals surface area contributed by atoms with Crippen LogP contribution in [0.4, 0.5) is 0 Å². The maximum Gasteiger partial charge on any atom is 0.274 e. The van der Waals surface area contributed by atoms with Crippen molar-refractivity contribution in [2.24, 2.45) is 5.92 Å². The van der Waals surface area contributed by atoms with Crippen LogP contribution in [0.2, 0.25) is 5.02 Å². The Hall–Kier alpha value is -2.70. The molecule has 2 unspecified atom stereocenters. The van der Waals surface area contributed by atoms with Gasteiger partial charge in [0.15, 0.2) is 0 Å². The molecule has 3 atom stereocenters. The molecule has 2 heterocycles. The Labute approximate surface area is 202 Å². The maximum absolute atomic E-state index is 13.7. The molecule has 0 radical (unpaired) electrons. The van der Waals surface area contributed by atoms with Gasteiger partial charge >= 0.3 is 0 Å². The molecule has 1 N–H and O–H groups in total. The predicted molar refractivity (Wildman–Crippen MR) is 132 cm³/mol. The van der Waals surface area contributed by atoms with Crippen LogP contribution in [-0.4, -0.2) is 40.3 Å². The molecule has 2 aromatic carbocycles. The van der Waals surface area contributed by atoms with Crippen LogP contribution in [0.15, 0.2) is 42.5 Å². The third-order valence-corrected chi connectivity index (χ3v) is 8.10. The van der Waals surface area contributed by atoms with Crippen molar-refractivity contribution in [2.75, 3.05) is 6.54 Å². The van der Waals surface area contributed by atoms with E-state index in [1.165, 1.54) is 0 Å². The van der Waals surface area contributed by atoms with Crippen LogP contribution in [0.25, 0.3) is 10.4 Å². The van der Waals surface area contributed by atoms with E-state index in [1.54, 1.807) is 29.5 Å². The predicted octanol–water partition coefficient (Wildman–Crippen LogP) is 5.42. The molecule has 5 rings (SSSR count). The topological polar surface area (TPSA) is 62.3 Å². The SMILES string of the molecule is Cc1cccc(-c2sc(C)nc2C(=O)N2C(CNC(=O)c3cccc(Cl)c3C)CC3C[C@@H]32)c1. The number of aromatic nitrogens is 1. The smallest absolute Gasteiger partial charge is 0.274 e. The first-order chi connectivity index (χ1) is 15.8. The summed E-state index contributed by atoms with van der Waals surface area (Å²) in [6, 6.07) is 13.7. The lowest BCUT2D eigenvalue weighted by atomic mass is 10.1. The second-order valence-corrected chi connectivity index (χ2v) is 10.7. The lowest BCUT2D eigenvalue weighted by Gasteiger charge is -2.28. The van der Waals surface area contributed by atoms with Gasteiger partial charge in [0, 0.05) is 23.2 Å². The summed E-state index contributed by atoms with van der Waals surface area (Å²) in [5.41, 5.74) is 4.03. The number of rotatable bonds is 5. The molecule has 7 heteroatoms. The Balaban J connectivity index is 1.36. The largest absolute Gasteiger partial charge is 0.350 e. The molecule has 0 spiro atoms. The molecule has 1 saturated heterocycles. The molecule has 1 aliphatic carbocycles. The van der Waals surface area contributed by atoms with Crippen molar-refractivity contribution in [2.45, 2.75) is 45.7 Å². The highest BCUT2D eigenvalue weighted by atomic mass is 35.5. The minimum atomic E-state index is -0.159. The maximum atomic E-state index is 13.7. The average Bonchev–Trinajstić information content (AvgIpc) is 3.27. The fraction of sp³-hybridized carbons (Fsp3) is 0.346. The molecule has 2 amide bonds. The third-order valence-electron chi connectivity index (χ3n) is 6.67. The zero-order valence-electron chi connectivity index (χ0n) is 18.9. The van der Waals surface area contributed by atoms with Crippen LogP contribution in [0.1, 0.15) is 49.8 Å². The van der Waals surface area contributed by atoms with Gasteiger partial charge in [0.25, 0.3) is 11.8 Å². The number of amides is 2. The summed E-state index contributed by atoms with van der Waals surface area (Å²) in [5.74, 6) is 0.331. The molecule has 5 nitrogen and oxygen atoms in total. The van der Waals surface area contributed by atoms with Crippen LogP contribution in [0, 0.1) is 26.7 Å². The van der Waals surface area contributed by atoms with E-state index in [2.05, 4.69) is 29.4 Å². The van der Waals surface area contributed by atoms with Gasteiger partial charge in [0.05, 0.1) is 15.9 Å². The van der Waals surface area contributed by atoms with Gasteiger partial charge in [-0.2, -0.15) is 0 Å². The highest BCUT2D eigenvalue weighted by Gasteiger charge is 2.54. The summed E-state index contributed by atoms with van der Waals surface area (Å²) in [7, 11) is 0. The molecule has 1 aromatic heterocycles. The number of hydrogen-bond donors (Lipinski definition) is 1. The van der Waals surface area contributed by atoms with Crippen molar-refractivity contribution in [3.63, 3.8) is 0 Å². The number of likely N-dealkylation sites (tertiary alicyclic amines) is 1. The van der Waals surface area contributed by atoms with Gasteiger partial charge in [-0.15, -0.1) is 11.3 Å². The van der Waals surface area contributed by atoms with Crippen molar-refractivity contribution in [3.05, 3.63) is 74.9 Å². The van der Waals surface area contributed by atoms with Crippen molar-refractivity contribution in [1.82, 2.24) is 15.2 Å². The first-order valence-electron chi connectivity index (χ1n) is 11.2. The van der Waals surface area contributed by atoms with E-state index in [9.17, 15) is 9.59 Å². The highest BCUT2D eigenvalue weighted by molar-refractivity contribution is 7.15. The number of thiazole rings is 1. The third kappa shape index (κ3) is 4.18. The minimum Gasteiger partial charge on any atom is -0.350 e. The number of fused-ring (bicyclic) bond motifs is 1. The molecule has 2 fully saturated rings. The van der Waals surface area contributed by atoms with Crippen LogP contribution >= 0.6 is 22.9 Å². The summed E-state index contributed by atoms with van der Waals surface area (Å²) in [5, 5.41) is 4.49. The lowest BCUT2D eigenvalue weighted by Crippen LogP contribution is -2.45. The number of benzene rings is 2. The normalized spacial score (nSPS) is 21.1. The zero-order chi connectivity index (χ0) is 23.3. The van der Waals surface area contributed by atoms with Gasteiger partial charge in [0.1, 0.15) is 5.69 Å². The molecule has 3 aromatic rings. The van der Waals surface area contributed by atoms with Crippen LogP contribution in [-0.2, 0) is 0 Å². The lowest BCUT2D eigenvalue weighted by molar-refractivity contribution is 0.0684. The molecular formula is C26H26ClN3O2S. The van der Waals surface area contributed by atoms with E-state index in [4.69, 9.17) is 11.6 Å². The van der Waals surface area contributed by atoms with E-state index in [0.717, 1.165) is 39.4 Å². The summed E-state index contributed by atoms with van der Waals surface area (Å²) in [6.45, 7) is 6.26. The van der Waals surface area contributed by atoms with Crippen molar-refractivity contribution >= 4 is 34.8 Å². The number of nitrogens with zero attached hydrogens (tertiary/aromatic N) is 2. The number of carbonyl (C=O) groups is 2. The Morgan fingerprint density at radius 3 is 2.73 bits per heavy atom. The number of halogens is 1. The summed E-state index contributed by atoms with van der Waals surface area (Å²) in [6.07, 6.45) is 1.95. The Morgan fingerprint density at radius 1 is 1.15 bits per heavy atom. The number of carbonyl (C=O) groups excluding carboxylic acids is 2. The number of piperidine rings is 1. The van der Waals surface area contributed by atoms with E-state index >= 15 is 0 Å².